The maximum absolute atomic E-state index is 5.11. The molecule has 0 spiro atoms. The first-order valence-electron chi connectivity index (χ1n) is 9.95. The minimum atomic E-state index is 0.635. The molecule has 0 N–H and O–H groups in total. The van der Waals surface area contributed by atoms with Crippen LogP contribution in [0, 0.1) is 5.92 Å². The van der Waals surface area contributed by atoms with Gasteiger partial charge >= 0.3 is 0 Å². The fraction of sp³-hybridized carbons (Fsp3) is 0.320. The number of allylic oxidation sites excluding steroid dienone is 1. The second kappa shape index (κ2) is 9.52. The van der Waals surface area contributed by atoms with Crippen LogP contribution in [-0.2, 0) is 6.42 Å². The molecule has 0 bridgehead atoms. The van der Waals surface area contributed by atoms with Gasteiger partial charge in [0, 0.05) is 12.1 Å². The molecule has 3 heteroatoms. The van der Waals surface area contributed by atoms with Gasteiger partial charge in [-0.1, -0.05) is 74.0 Å². The van der Waals surface area contributed by atoms with Crippen molar-refractivity contribution in [2.24, 2.45) is 5.92 Å². The Kier molecular flexibility index (Phi) is 6.83. The van der Waals surface area contributed by atoms with Gasteiger partial charge in [0.2, 0.25) is 0 Å². The molecular formula is C25H30N2O. The molecule has 0 radical (unpaired) electrons. The van der Waals surface area contributed by atoms with E-state index in [1.807, 2.05) is 30.3 Å². The van der Waals surface area contributed by atoms with Crippen LogP contribution in [0.25, 0.3) is 16.9 Å². The van der Waals surface area contributed by atoms with E-state index < -0.39 is 0 Å². The van der Waals surface area contributed by atoms with Crippen LogP contribution in [0.15, 0.2) is 77.2 Å². The lowest BCUT2D eigenvalue weighted by Gasteiger charge is -2.14. The summed E-state index contributed by atoms with van der Waals surface area (Å²) in [6, 6.07) is 18.8. The normalized spacial score (nSPS) is 12.9. The van der Waals surface area contributed by atoms with Crippen LogP contribution in [0.1, 0.15) is 31.4 Å². The van der Waals surface area contributed by atoms with E-state index in [0.29, 0.717) is 5.92 Å². The summed E-state index contributed by atoms with van der Waals surface area (Å²) >= 11 is 0. The number of hydrogen-bond donors (Lipinski definition) is 0. The minimum Gasteiger partial charge on any atom is -0.444 e. The van der Waals surface area contributed by atoms with E-state index in [-0.39, 0.29) is 0 Å². The molecule has 3 aromatic rings. The van der Waals surface area contributed by atoms with E-state index in [1.165, 1.54) is 23.9 Å². The highest BCUT2D eigenvalue weighted by molar-refractivity contribution is 5.77. The van der Waals surface area contributed by atoms with Crippen molar-refractivity contribution in [1.82, 2.24) is 9.88 Å². The summed E-state index contributed by atoms with van der Waals surface area (Å²) in [5.41, 5.74) is 7.32. The van der Waals surface area contributed by atoms with E-state index in [9.17, 15) is 0 Å². The molecule has 0 saturated carbocycles. The first kappa shape index (κ1) is 20.1. The molecule has 0 saturated heterocycles. The van der Waals surface area contributed by atoms with Gasteiger partial charge in [0.25, 0.3) is 0 Å². The van der Waals surface area contributed by atoms with Crippen molar-refractivity contribution in [2.75, 3.05) is 20.6 Å². The van der Waals surface area contributed by atoms with Gasteiger partial charge in [0.1, 0.15) is 0 Å². The Morgan fingerprint density at radius 1 is 1.00 bits per heavy atom. The molecule has 4 rings (SSSR count). The number of nitrogens with zero attached hydrogens (tertiary/aromatic N) is 2. The summed E-state index contributed by atoms with van der Waals surface area (Å²) in [7, 11) is 4.30. The third kappa shape index (κ3) is 4.99. The van der Waals surface area contributed by atoms with Gasteiger partial charge in [-0.05, 0) is 49.6 Å². The first-order chi connectivity index (χ1) is 13.6. The molecule has 1 heterocycles. The fourth-order valence-electron chi connectivity index (χ4n) is 3.71. The average molecular weight is 375 g/mol. The third-order valence-electron chi connectivity index (χ3n) is 5.02. The molecule has 0 aliphatic heterocycles. The Morgan fingerprint density at radius 2 is 1.71 bits per heavy atom. The standard InChI is InChI=1S/C16H23N.C9H7NO/c1-12(2)16-14(9-10-17(3)4)11-13-7-5-6-8-15(13)16;1-2-4-8(5-3-1)9-6-10-7-11-9/h5-8,12H,9-11H2,1-4H3;1-7H. The van der Waals surface area contributed by atoms with Crippen LogP contribution in [0.5, 0.6) is 0 Å². The van der Waals surface area contributed by atoms with E-state index >= 15 is 0 Å². The van der Waals surface area contributed by atoms with Gasteiger partial charge in [0.15, 0.2) is 12.2 Å². The van der Waals surface area contributed by atoms with Crippen LogP contribution in [0.4, 0.5) is 0 Å². The van der Waals surface area contributed by atoms with Crippen molar-refractivity contribution in [3.63, 3.8) is 0 Å². The second-order valence-corrected chi connectivity index (χ2v) is 7.79. The number of hydrogen-bond acceptors (Lipinski definition) is 3. The van der Waals surface area contributed by atoms with Crippen molar-refractivity contribution in [3.8, 4) is 11.3 Å². The summed E-state index contributed by atoms with van der Waals surface area (Å²) < 4.78 is 5.11. The van der Waals surface area contributed by atoms with Gasteiger partial charge in [0.05, 0.1) is 6.20 Å². The van der Waals surface area contributed by atoms with Crippen LogP contribution >= 0.6 is 0 Å². The zero-order chi connectivity index (χ0) is 19.9. The lowest BCUT2D eigenvalue weighted by atomic mass is 9.94. The van der Waals surface area contributed by atoms with Crippen molar-refractivity contribution in [1.29, 1.82) is 0 Å². The molecule has 2 aromatic carbocycles. The minimum absolute atomic E-state index is 0.635. The van der Waals surface area contributed by atoms with Crippen molar-refractivity contribution in [3.05, 3.63) is 83.9 Å². The van der Waals surface area contributed by atoms with Gasteiger partial charge in [-0.25, -0.2) is 4.98 Å². The highest BCUT2D eigenvalue weighted by Gasteiger charge is 2.22. The van der Waals surface area contributed by atoms with Crippen molar-refractivity contribution >= 4 is 5.57 Å². The van der Waals surface area contributed by atoms with E-state index in [0.717, 1.165) is 24.3 Å². The molecule has 0 amide bonds. The predicted octanol–water partition coefficient (Wildman–Crippen LogP) is 5.95. The van der Waals surface area contributed by atoms with Crippen LogP contribution < -0.4 is 0 Å². The molecule has 1 aliphatic carbocycles. The van der Waals surface area contributed by atoms with E-state index in [4.69, 9.17) is 4.42 Å². The quantitative estimate of drug-likeness (QED) is 0.553. The largest absolute Gasteiger partial charge is 0.444 e. The van der Waals surface area contributed by atoms with Crippen LogP contribution in [0.2, 0.25) is 0 Å². The first-order valence-corrected chi connectivity index (χ1v) is 9.95. The van der Waals surface area contributed by atoms with E-state index in [1.54, 1.807) is 17.3 Å². The topological polar surface area (TPSA) is 29.3 Å². The van der Waals surface area contributed by atoms with Gasteiger partial charge in [-0.3, -0.25) is 0 Å². The average Bonchev–Trinajstić information content (AvgIpc) is 3.35. The number of rotatable bonds is 5. The number of benzene rings is 2. The smallest absolute Gasteiger partial charge is 0.181 e. The van der Waals surface area contributed by atoms with Crippen LogP contribution in [0.3, 0.4) is 0 Å². The lowest BCUT2D eigenvalue weighted by molar-refractivity contribution is 0.412. The zero-order valence-corrected chi connectivity index (χ0v) is 17.4. The molecule has 0 fully saturated rings. The Hall–Kier alpha value is -2.65. The molecule has 146 valence electrons. The predicted molar refractivity (Wildman–Crippen MR) is 117 cm³/mol. The highest BCUT2D eigenvalue weighted by atomic mass is 16.3. The maximum Gasteiger partial charge on any atom is 0.181 e. The highest BCUT2D eigenvalue weighted by Crippen LogP contribution is 2.38. The number of fused-ring (bicyclic) bond motifs is 1. The molecule has 1 aliphatic rings. The molecule has 0 atom stereocenters. The number of aromatic nitrogens is 1. The third-order valence-corrected chi connectivity index (χ3v) is 5.02. The second-order valence-electron chi connectivity index (χ2n) is 7.79. The van der Waals surface area contributed by atoms with Gasteiger partial charge in [-0.15, -0.1) is 0 Å². The summed E-state index contributed by atoms with van der Waals surface area (Å²) in [5.74, 6) is 1.45. The zero-order valence-electron chi connectivity index (χ0n) is 17.4. The Morgan fingerprint density at radius 3 is 2.36 bits per heavy atom. The SMILES string of the molecule is CC(C)C1=C(CCN(C)C)Cc2ccccc21.c1ccc(-c2cnco2)cc1. The Balaban J connectivity index is 0.000000176. The molecule has 3 nitrogen and oxygen atoms in total. The van der Waals surface area contributed by atoms with Gasteiger partial charge in [-0.2, -0.15) is 0 Å². The summed E-state index contributed by atoms with van der Waals surface area (Å²) in [6.45, 7) is 5.78. The fourth-order valence-corrected chi connectivity index (χ4v) is 3.71. The van der Waals surface area contributed by atoms with Gasteiger partial charge < -0.3 is 9.32 Å². The molecule has 1 aromatic heterocycles. The Bertz CT molecular complexity index is 893. The van der Waals surface area contributed by atoms with Crippen molar-refractivity contribution in [2.45, 2.75) is 26.7 Å². The van der Waals surface area contributed by atoms with Crippen molar-refractivity contribution < 1.29 is 4.42 Å². The summed E-state index contributed by atoms with van der Waals surface area (Å²) in [5, 5.41) is 0. The lowest BCUT2D eigenvalue weighted by Crippen LogP contribution is -2.14. The maximum atomic E-state index is 5.11. The molecular weight excluding hydrogens is 344 g/mol. The van der Waals surface area contributed by atoms with E-state index in [2.05, 4.69) is 62.1 Å². The number of oxazole rings is 1. The summed E-state index contributed by atoms with van der Waals surface area (Å²) in [6.07, 6.45) is 5.50. The monoisotopic (exact) mass is 374 g/mol. The molecule has 0 unspecified atom stereocenters. The summed E-state index contributed by atoms with van der Waals surface area (Å²) in [4.78, 5) is 6.10. The Labute approximate surface area is 168 Å². The molecule has 28 heavy (non-hydrogen) atoms. The van der Waals surface area contributed by atoms with Crippen LogP contribution in [-0.4, -0.2) is 30.5 Å².